The second-order valence-corrected chi connectivity index (χ2v) is 7.24. The van der Waals surface area contributed by atoms with Crippen LogP contribution in [0.1, 0.15) is 54.6 Å². The van der Waals surface area contributed by atoms with Crippen molar-refractivity contribution in [1.82, 2.24) is 10.3 Å². The van der Waals surface area contributed by atoms with Crippen LogP contribution >= 0.6 is 11.3 Å². The molecule has 2 unspecified atom stereocenters. The minimum absolute atomic E-state index is 0.0845. The average molecular weight is 296 g/mol. The highest BCUT2D eigenvalue weighted by atomic mass is 32.1. The van der Waals surface area contributed by atoms with Crippen molar-refractivity contribution >= 4 is 11.3 Å². The molecule has 1 heterocycles. The monoisotopic (exact) mass is 296 g/mol. The van der Waals surface area contributed by atoms with Crippen molar-refractivity contribution < 1.29 is 4.74 Å². The van der Waals surface area contributed by atoms with E-state index in [9.17, 15) is 0 Å². The van der Waals surface area contributed by atoms with Crippen LogP contribution < -0.4 is 5.32 Å². The van der Waals surface area contributed by atoms with Gasteiger partial charge in [0.05, 0.1) is 17.8 Å². The zero-order valence-electron chi connectivity index (χ0n) is 13.3. The average Bonchev–Trinajstić information content (AvgIpc) is 2.80. The Kier molecular flexibility index (Phi) is 5.58. The second kappa shape index (κ2) is 7.01. The summed E-state index contributed by atoms with van der Waals surface area (Å²) in [7, 11) is 1.77. The standard InChI is InChI=1S/C16H28N2OS/c1-5-14-7-6-8-16(11-14,17-9-10-19-4)15-18-12(2)13(3)20-15/h14,17H,5-11H2,1-4H3. The van der Waals surface area contributed by atoms with E-state index in [1.807, 2.05) is 11.3 Å². The van der Waals surface area contributed by atoms with Gasteiger partial charge in [0.25, 0.3) is 0 Å². The van der Waals surface area contributed by atoms with Crippen LogP contribution in [0.4, 0.5) is 0 Å². The number of hydrogen-bond acceptors (Lipinski definition) is 4. The first-order valence-corrected chi connectivity index (χ1v) is 8.61. The highest BCUT2D eigenvalue weighted by molar-refractivity contribution is 7.11. The molecule has 0 aromatic carbocycles. The molecule has 0 radical (unpaired) electrons. The molecule has 0 saturated heterocycles. The lowest BCUT2D eigenvalue weighted by Crippen LogP contribution is -2.47. The van der Waals surface area contributed by atoms with Gasteiger partial charge in [0.2, 0.25) is 0 Å². The van der Waals surface area contributed by atoms with Crippen molar-refractivity contribution in [2.45, 2.75) is 58.4 Å². The number of methoxy groups -OCH3 is 1. The van der Waals surface area contributed by atoms with E-state index in [0.717, 1.165) is 19.1 Å². The molecule has 1 aromatic rings. The predicted octanol–water partition coefficient (Wildman–Crippen LogP) is 3.79. The van der Waals surface area contributed by atoms with Gasteiger partial charge >= 0.3 is 0 Å². The van der Waals surface area contributed by atoms with Crippen LogP contribution in [-0.4, -0.2) is 25.2 Å². The van der Waals surface area contributed by atoms with Crippen LogP contribution in [0, 0.1) is 19.8 Å². The van der Waals surface area contributed by atoms with E-state index in [4.69, 9.17) is 9.72 Å². The third-order valence-electron chi connectivity index (χ3n) is 4.64. The number of hydrogen-bond donors (Lipinski definition) is 1. The van der Waals surface area contributed by atoms with E-state index in [1.54, 1.807) is 7.11 Å². The Balaban J connectivity index is 2.22. The molecule has 2 rings (SSSR count). The van der Waals surface area contributed by atoms with Crippen molar-refractivity contribution in [2.24, 2.45) is 5.92 Å². The largest absolute Gasteiger partial charge is 0.383 e. The highest BCUT2D eigenvalue weighted by Crippen LogP contribution is 2.42. The van der Waals surface area contributed by atoms with Gasteiger partial charge < -0.3 is 10.1 Å². The number of rotatable bonds is 6. The zero-order chi connectivity index (χ0) is 14.6. The van der Waals surface area contributed by atoms with Crippen LogP contribution in [0.2, 0.25) is 0 Å². The maximum absolute atomic E-state index is 5.22. The van der Waals surface area contributed by atoms with Gasteiger partial charge in [-0.3, -0.25) is 0 Å². The van der Waals surface area contributed by atoms with Gasteiger partial charge in [0.15, 0.2) is 0 Å². The topological polar surface area (TPSA) is 34.1 Å². The summed E-state index contributed by atoms with van der Waals surface area (Å²) in [5.74, 6) is 0.823. The Hall–Kier alpha value is -0.450. The van der Waals surface area contributed by atoms with Gasteiger partial charge in [-0.25, -0.2) is 4.98 Å². The highest BCUT2D eigenvalue weighted by Gasteiger charge is 2.39. The summed E-state index contributed by atoms with van der Waals surface area (Å²) in [6.45, 7) is 8.29. The molecule has 3 nitrogen and oxygen atoms in total. The predicted molar refractivity (Wildman–Crippen MR) is 85.4 cm³/mol. The first kappa shape index (κ1) is 15.9. The van der Waals surface area contributed by atoms with Gasteiger partial charge in [-0.15, -0.1) is 11.3 Å². The van der Waals surface area contributed by atoms with Gasteiger partial charge in [-0.05, 0) is 32.6 Å². The molecule has 1 aliphatic carbocycles. The second-order valence-electron chi connectivity index (χ2n) is 6.03. The number of thiazole rings is 1. The zero-order valence-corrected chi connectivity index (χ0v) is 14.1. The molecule has 4 heteroatoms. The van der Waals surface area contributed by atoms with E-state index in [2.05, 4.69) is 26.1 Å². The van der Waals surface area contributed by atoms with Crippen LogP contribution in [0.15, 0.2) is 0 Å². The minimum Gasteiger partial charge on any atom is -0.383 e. The fraction of sp³-hybridized carbons (Fsp3) is 0.812. The Labute approximate surface area is 127 Å². The van der Waals surface area contributed by atoms with Gasteiger partial charge in [-0.1, -0.05) is 26.2 Å². The molecule has 114 valence electrons. The molecule has 2 atom stereocenters. The molecule has 0 amide bonds. The smallest absolute Gasteiger partial charge is 0.113 e. The van der Waals surface area contributed by atoms with Gasteiger partial charge in [-0.2, -0.15) is 0 Å². The summed E-state index contributed by atoms with van der Waals surface area (Å²) in [5.41, 5.74) is 1.28. The first-order valence-electron chi connectivity index (χ1n) is 7.79. The third kappa shape index (κ3) is 3.41. The van der Waals surface area contributed by atoms with E-state index in [0.29, 0.717) is 0 Å². The number of ether oxygens (including phenoxy) is 1. The number of aryl methyl sites for hydroxylation is 2. The Morgan fingerprint density at radius 3 is 2.85 bits per heavy atom. The summed E-state index contributed by atoms with van der Waals surface area (Å²) in [6.07, 6.45) is 6.37. The van der Waals surface area contributed by atoms with Gasteiger partial charge in [0.1, 0.15) is 5.01 Å². The third-order valence-corrected chi connectivity index (χ3v) is 5.91. The maximum atomic E-state index is 5.22. The van der Waals surface area contributed by atoms with Crippen molar-refractivity contribution in [3.8, 4) is 0 Å². The van der Waals surface area contributed by atoms with Crippen LogP contribution in [-0.2, 0) is 10.3 Å². The summed E-state index contributed by atoms with van der Waals surface area (Å²) >= 11 is 1.88. The van der Waals surface area contributed by atoms with E-state index < -0.39 is 0 Å². The molecule has 1 aliphatic rings. The van der Waals surface area contributed by atoms with Gasteiger partial charge in [0, 0.05) is 18.5 Å². The minimum atomic E-state index is 0.0845. The molecule has 0 aliphatic heterocycles. The fourth-order valence-corrected chi connectivity index (χ4v) is 4.36. The van der Waals surface area contributed by atoms with Crippen molar-refractivity contribution in [3.05, 3.63) is 15.6 Å². The summed E-state index contributed by atoms with van der Waals surface area (Å²) < 4.78 is 5.22. The van der Waals surface area contributed by atoms with Crippen molar-refractivity contribution in [1.29, 1.82) is 0 Å². The Morgan fingerprint density at radius 1 is 1.45 bits per heavy atom. The molecule has 1 saturated carbocycles. The van der Waals surface area contributed by atoms with E-state index >= 15 is 0 Å². The summed E-state index contributed by atoms with van der Waals surface area (Å²) in [4.78, 5) is 6.22. The van der Waals surface area contributed by atoms with Crippen molar-refractivity contribution in [2.75, 3.05) is 20.3 Å². The van der Waals surface area contributed by atoms with Crippen LogP contribution in [0.25, 0.3) is 0 Å². The lowest BCUT2D eigenvalue weighted by Gasteiger charge is -2.40. The fourth-order valence-electron chi connectivity index (χ4n) is 3.24. The Morgan fingerprint density at radius 2 is 2.25 bits per heavy atom. The molecule has 0 spiro atoms. The summed E-state index contributed by atoms with van der Waals surface area (Å²) in [6, 6.07) is 0. The maximum Gasteiger partial charge on any atom is 0.113 e. The molecule has 1 fully saturated rings. The molecular formula is C16H28N2OS. The Bertz CT molecular complexity index is 413. The lowest BCUT2D eigenvalue weighted by molar-refractivity contribution is 0.143. The molecule has 1 aromatic heterocycles. The van der Waals surface area contributed by atoms with Crippen molar-refractivity contribution in [3.63, 3.8) is 0 Å². The van der Waals surface area contributed by atoms with E-state index in [1.165, 1.54) is 47.7 Å². The SMILES string of the molecule is CCC1CCCC(NCCOC)(c2nc(C)c(C)s2)C1. The normalized spacial score (nSPS) is 26.9. The molecular weight excluding hydrogens is 268 g/mol. The quantitative estimate of drug-likeness (QED) is 0.811. The number of nitrogens with zero attached hydrogens (tertiary/aromatic N) is 1. The first-order chi connectivity index (χ1) is 9.61. The lowest BCUT2D eigenvalue weighted by atomic mass is 9.75. The molecule has 1 N–H and O–H groups in total. The molecule has 0 bridgehead atoms. The van der Waals surface area contributed by atoms with Crippen LogP contribution in [0.5, 0.6) is 0 Å². The number of aromatic nitrogens is 1. The molecule has 20 heavy (non-hydrogen) atoms. The summed E-state index contributed by atoms with van der Waals surface area (Å²) in [5, 5.41) is 5.07. The van der Waals surface area contributed by atoms with E-state index in [-0.39, 0.29) is 5.54 Å². The number of nitrogens with one attached hydrogen (secondary N) is 1. The van der Waals surface area contributed by atoms with Crippen LogP contribution in [0.3, 0.4) is 0 Å².